The summed E-state index contributed by atoms with van der Waals surface area (Å²) in [6.45, 7) is -0.984. The van der Waals surface area contributed by atoms with Crippen LogP contribution in [0, 0.1) is 0 Å². The van der Waals surface area contributed by atoms with E-state index in [4.69, 9.17) is 9.52 Å². The van der Waals surface area contributed by atoms with Crippen molar-refractivity contribution in [2.24, 2.45) is 0 Å². The number of rotatable bonds is 5. The van der Waals surface area contributed by atoms with E-state index in [0.29, 0.717) is 11.1 Å². The Bertz CT molecular complexity index is 671. The minimum atomic E-state index is -1.22. The molecule has 0 unspecified atom stereocenters. The fourth-order valence-corrected chi connectivity index (χ4v) is 1.52. The quantitative estimate of drug-likeness (QED) is 0.720. The first-order chi connectivity index (χ1) is 9.08. The van der Waals surface area contributed by atoms with Crippen molar-refractivity contribution >= 4 is 23.0 Å². The fraction of sp³-hybridized carbons (Fsp3) is 0.182. The van der Waals surface area contributed by atoms with E-state index in [0.717, 1.165) is 4.57 Å². The van der Waals surface area contributed by atoms with E-state index in [-0.39, 0.29) is 6.54 Å². The van der Waals surface area contributed by atoms with Gasteiger partial charge in [-0.15, -0.1) is 0 Å². The summed E-state index contributed by atoms with van der Waals surface area (Å²) in [6, 6.07) is 6.63. The third kappa shape index (κ3) is 2.99. The summed E-state index contributed by atoms with van der Waals surface area (Å²) in [5.74, 6) is -2.55. The highest BCUT2D eigenvalue weighted by Gasteiger charge is 2.12. The number of benzene rings is 1. The van der Waals surface area contributed by atoms with Crippen LogP contribution in [0.3, 0.4) is 0 Å². The first-order valence-electron chi connectivity index (χ1n) is 5.28. The van der Waals surface area contributed by atoms with Crippen molar-refractivity contribution in [3.63, 3.8) is 0 Å². The fourth-order valence-electron chi connectivity index (χ4n) is 1.52. The van der Waals surface area contributed by atoms with Crippen LogP contribution in [0.4, 0.5) is 0 Å². The number of fused-ring (bicyclic) bond motifs is 1. The molecule has 8 nitrogen and oxygen atoms in total. The molecule has 19 heavy (non-hydrogen) atoms. The van der Waals surface area contributed by atoms with Gasteiger partial charge in [0, 0.05) is 0 Å². The molecule has 1 amide bonds. The Kier molecular flexibility index (Phi) is 3.62. The Morgan fingerprint density at radius 1 is 1.37 bits per heavy atom. The molecule has 0 fully saturated rings. The van der Waals surface area contributed by atoms with Gasteiger partial charge >= 0.3 is 11.7 Å². The Morgan fingerprint density at radius 3 is 2.84 bits per heavy atom. The van der Waals surface area contributed by atoms with Gasteiger partial charge < -0.3 is 9.52 Å². The summed E-state index contributed by atoms with van der Waals surface area (Å²) in [7, 11) is 0. The predicted molar refractivity (Wildman–Crippen MR) is 62.2 cm³/mol. The zero-order valence-electron chi connectivity index (χ0n) is 9.66. The molecule has 1 aromatic carbocycles. The van der Waals surface area contributed by atoms with E-state index in [1.54, 1.807) is 24.3 Å². The van der Waals surface area contributed by atoms with Gasteiger partial charge in [0.1, 0.15) is 6.54 Å². The largest absolute Gasteiger partial charge is 0.479 e. The molecule has 0 radical (unpaired) electrons. The van der Waals surface area contributed by atoms with Crippen LogP contribution in [0.15, 0.2) is 33.5 Å². The smallest absolute Gasteiger partial charge is 0.420 e. The molecule has 2 rings (SSSR count). The van der Waals surface area contributed by atoms with Crippen molar-refractivity contribution in [3.8, 4) is 0 Å². The van der Waals surface area contributed by atoms with Gasteiger partial charge in [-0.2, -0.15) is 0 Å². The van der Waals surface area contributed by atoms with Crippen molar-refractivity contribution in [2.45, 2.75) is 6.54 Å². The highest BCUT2D eigenvalue weighted by molar-refractivity contribution is 5.79. The van der Waals surface area contributed by atoms with Crippen LogP contribution in [0.25, 0.3) is 11.1 Å². The van der Waals surface area contributed by atoms with Gasteiger partial charge in [0.05, 0.1) is 5.52 Å². The van der Waals surface area contributed by atoms with Crippen molar-refractivity contribution in [1.82, 2.24) is 10.0 Å². The van der Waals surface area contributed by atoms with E-state index in [1.807, 2.05) is 5.48 Å². The second-order valence-corrected chi connectivity index (χ2v) is 3.63. The maximum atomic E-state index is 11.5. The zero-order chi connectivity index (χ0) is 13.8. The van der Waals surface area contributed by atoms with E-state index in [9.17, 15) is 14.4 Å². The van der Waals surface area contributed by atoms with E-state index >= 15 is 0 Å². The van der Waals surface area contributed by atoms with Crippen molar-refractivity contribution in [1.29, 1.82) is 0 Å². The molecule has 1 heterocycles. The van der Waals surface area contributed by atoms with Crippen LogP contribution in [0.2, 0.25) is 0 Å². The molecule has 8 heteroatoms. The molecule has 2 aromatic rings. The number of hydrogen-bond acceptors (Lipinski definition) is 5. The van der Waals surface area contributed by atoms with Crippen LogP contribution >= 0.6 is 0 Å². The van der Waals surface area contributed by atoms with Crippen molar-refractivity contribution < 1.29 is 24.0 Å². The topological polar surface area (TPSA) is 111 Å². The van der Waals surface area contributed by atoms with Gasteiger partial charge in [-0.25, -0.2) is 15.1 Å². The van der Waals surface area contributed by atoms with E-state index in [2.05, 4.69) is 4.84 Å². The predicted octanol–water partition coefficient (Wildman–Crippen LogP) is -0.273. The number of amides is 1. The average molecular weight is 266 g/mol. The molecule has 100 valence electrons. The molecule has 0 saturated carbocycles. The number of aliphatic carboxylic acids is 1. The Morgan fingerprint density at radius 2 is 2.11 bits per heavy atom. The average Bonchev–Trinajstić information content (AvgIpc) is 2.66. The van der Waals surface area contributed by atoms with Crippen LogP contribution in [0.5, 0.6) is 0 Å². The maximum Gasteiger partial charge on any atom is 0.420 e. The van der Waals surface area contributed by atoms with Gasteiger partial charge in [0.2, 0.25) is 0 Å². The number of carbonyl (C=O) groups excluding carboxylic acids is 1. The molecule has 2 N–H and O–H groups in total. The zero-order valence-corrected chi connectivity index (χ0v) is 9.66. The van der Waals surface area contributed by atoms with Gasteiger partial charge in [-0.1, -0.05) is 12.1 Å². The normalized spacial score (nSPS) is 10.5. The molecule has 0 aliphatic carbocycles. The highest BCUT2D eigenvalue weighted by Crippen LogP contribution is 2.11. The number of carboxylic acid groups (broad SMARTS) is 1. The monoisotopic (exact) mass is 266 g/mol. The summed E-state index contributed by atoms with van der Waals surface area (Å²) >= 11 is 0. The molecule has 0 aliphatic heterocycles. The molecule has 0 saturated heterocycles. The van der Waals surface area contributed by atoms with Gasteiger partial charge in [0.25, 0.3) is 5.91 Å². The van der Waals surface area contributed by atoms with Gasteiger partial charge in [-0.05, 0) is 12.1 Å². The van der Waals surface area contributed by atoms with Crippen LogP contribution < -0.4 is 11.2 Å². The molecular formula is C11H10N2O6. The number of para-hydroxylation sites is 2. The first kappa shape index (κ1) is 12.8. The molecule has 0 atom stereocenters. The lowest BCUT2D eigenvalue weighted by molar-refractivity contribution is -0.149. The molecule has 0 bridgehead atoms. The minimum Gasteiger partial charge on any atom is -0.479 e. The van der Waals surface area contributed by atoms with Gasteiger partial charge in [-0.3, -0.25) is 14.2 Å². The summed E-state index contributed by atoms with van der Waals surface area (Å²) in [6.07, 6.45) is 0. The van der Waals surface area contributed by atoms with Crippen LogP contribution in [0.1, 0.15) is 0 Å². The lowest BCUT2D eigenvalue weighted by atomic mass is 10.3. The second kappa shape index (κ2) is 5.36. The summed E-state index contributed by atoms with van der Waals surface area (Å²) in [5, 5.41) is 8.32. The number of hydroxylamine groups is 1. The number of carboxylic acids is 1. The van der Waals surface area contributed by atoms with E-state index in [1.165, 1.54) is 0 Å². The van der Waals surface area contributed by atoms with Crippen molar-refractivity contribution in [3.05, 3.63) is 34.8 Å². The molecule has 1 aromatic heterocycles. The summed E-state index contributed by atoms with van der Waals surface area (Å²) in [4.78, 5) is 37.6. The number of carbonyl (C=O) groups is 2. The number of oxazole rings is 1. The maximum absolute atomic E-state index is 11.5. The molecule has 0 spiro atoms. The number of aromatic nitrogens is 1. The number of nitrogens with one attached hydrogen (secondary N) is 1. The first-order valence-corrected chi connectivity index (χ1v) is 5.28. The third-order valence-electron chi connectivity index (χ3n) is 2.26. The summed E-state index contributed by atoms with van der Waals surface area (Å²) in [5.41, 5.74) is 2.76. The third-order valence-corrected chi connectivity index (χ3v) is 2.26. The Hall–Kier alpha value is -2.61. The lowest BCUT2D eigenvalue weighted by Gasteiger charge is -2.04. The lowest BCUT2D eigenvalue weighted by Crippen LogP contribution is -2.32. The minimum absolute atomic E-state index is 0.324. The standard InChI is InChI=1S/C11H10N2O6/c14-9(12-18-6-10(15)16)5-13-7-3-1-2-4-8(7)19-11(13)17/h1-4H,5-6H2,(H,12,14)(H,15,16). The molecule has 0 aliphatic rings. The van der Waals surface area contributed by atoms with Gasteiger partial charge in [0.15, 0.2) is 12.2 Å². The Balaban J connectivity index is 2.09. The Labute approximate surface area is 106 Å². The number of nitrogens with zero attached hydrogens (tertiary/aromatic N) is 1. The summed E-state index contributed by atoms with van der Waals surface area (Å²) < 4.78 is 6.05. The number of hydrogen-bond donors (Lipinski definition) is 2. The molecular weight excluding hydrogens is 256 g/mol. The van der Waals surface area contributed by atoms with Crippen LogP contribution in [-0.2, 0) is 21.0 Å². The van der Waals surface area contributed by atoms with E-state index < -0.39 is 24.2 Å². The second-order valence-electron chi connectivity index (χ2n) is 3.63. The van der Waals surface area contributed by atoms with Crippen LogP contribution in [-0.4, -0.2) is 28.2 Å². The van der Waals surface area contributed by atoms with Crippen molar-refractivity contribution in [2.75, 3.05) is 6.61 Å². The highest BCUT2D eigenvalue weighted by atomic mass is 16.7. The SMILES string of the molecule is O=C(O)CONC(=O)Cn1c(=O)oc2ccccc21.